The van der Waals surface area contributed by atoms with E-state index < -0.39 is 6.10 Å². The molecule has 0 radical (unpaired) electrons. The Hall–Kier alpha value is -1.97. The number of amides is 1. The van der Waals surface area contributed by atoms with Crippen molar-refractivity contribution in [2.45, 2.75) is 25.5 Å². The predicted molar refractivity (Wildman–Crippen MR) is 125 cm³/mol. The second-order valence-electron chi connectivity index (χ2n) is 8.11. The topological polar surface area (TPSA) is 71.5 Å². The van der Waals surface area contributed by atoms with E-state index in [2.05, 4.69) is 11.4 Å². The minimum Gasteiger partial charge on any atom is -0.491 e. The Morgan fingerprint density at radius 1 is 1.25 bits per heavy atom. The smallest absolute Gasteiger partial charge is 0.237 e. The molecule has 0 saturated heterocycles. The van der Waals surface area contributed by atoms with Crippen molar-refractivity contribution < 1.29 is 24.1 Å². The van der Waals surface area contributed by atoms with E-state index in [9.17, 15) is 9.90 Å². The van der Waals surface area contributed by atoms with Gasteiger partial charge >= 0.3 is 0 Å². The lowest BCUT2D eigenvalue weighted by Crippen LogP contribution is -2.48. The van der Waals surface area contributed by atoms with E-state index in [0.29, 0.717) is 32.8 Å². The second kappa shape index (κ2) is 12.3. The predicted octanol–water partition coefficient (Wildman–Crippen LogP) is 2.52. The Morgan fingerprint density at radius 2 is 2.03 bits per heavy atom. The average Bonchev–Trinajstić information content (AvgIpc) is 3.26. The molecule has 1 aliphatic rings. The number of aryl methyl sites for hydroxylation is 1. The van der Waals surface area contributed by atoms with E-state index in [-0.39, 0.29) is 25.1 Å². The number of hydrogen-bond acceptors (Lipinski definition) is 7. The Kier molecular flexibility index (Phi) is 9.50. The summed E-state index contributed by atoms with van der Waals surface area (Å²) in [6, 6.07) is 9.94. The molecule has 1 aromatic heterocycles. The number of aliphatic hydroxyl groups excluding tert-OH is 1. The molecule has 0 spiro atoms. The van der Waals surface area contributed by atoms with Gasteiger partial charge in [-0.3, -0.25) is 9.69 Å². The molecule has 3 rings (SSSR count). The molecule has 7 nitrogen and oxygen atoms in total. The first-order valence-corrected chi connectivity index (χ1v) is 11.8. The highest BCUT2D eigenvalue weighted by Crippen LogP contribution is 2.34. The molecule has 1 N–H and O–H groups in total. The van der Waals surface area contributed by atoms with E-state index in [1.807, 2.05) is 41.0 Å². The third-order valence-electron chi connectivity index (χ3n) is 5.64. The van der Waals surface area contributed by atoms with Crippen LogP contribution in [-0.4, -0.2) is 87.1 Å². The summed E-state index contributed by atoms with van der Waals surface area (Å²) in [7, 11) is 3.19. The normalized spacial score (nSPS) is 16.8. The van der Waals surface area contributed by atoms with Gasteiger partial charge in [-0.25, -0.2) is 0 Å². The maximum absolute atomic E-state index is 13.4. The molecule has 1 aliphatic heterocycles. The number of nitrogens with zero attached hydrogens (tertiary/aromatic N) is 2. The number of rotatable bonds is 12. The Bertz CT molecular complexity index is 841. The molecule has 8 heteroatoms. The van der Waals surface area contributed by atoms with Crippen molar-refractivity contribution in [3.63, 3.8) is 0 Å². The highest BCUT2D eigenvalue weighted by atomic mass is 32.1. The zero-order chi connectivity index (χ0) is 22.9. The SMILES string of the molecule is COCCN(CC(=O)N1CCc2sccc2[C@H]1COc1ccc(C)cc1)C[C@H](O)COC. The van der Waals surface area contributed by atoms with Crippen LogP contribution in [0.3, 0.4) is 0 Å². The molecule has 0 aliphatic carbocycles. The monoisotopic (exact) mass is 462 g/mol. The molecule has 0 saturated carbocycles. The Morgan fingerprint density at radius 3 is 2.75 bits per heavy atom. The summed E-state index contributed by atoms with van der Waals surface area (Å²) in [6.45, 7) is 4.95. The van der Waals surface area contributed by atoms with Gasteiger partial charge < -0.3 is 24.2 Å². The molecule has 0 unspecified atom stereocenters. The largest absolute Gasteiger partial charge is 0.491 e. The minimum atomic E-state index is -0.657. The summed E-state index contributed by atoms with van der Waals surface area (Å²) < 4.78 is 16.3. The number of hydrogen-bond donors (Lipinski definition) is 1. The van der Waals surface area contributed by atoms with Gasteiger partial charge in [0.25, 0.3) is 0 Å². The van der Waals surface area contributed by atoms with Crippen LogP contribution in [0.1, 0.15) is 22.0 Å². The number of carbonyl (C=O) groups is 1. The van der Waals surface area contributed by atoms with Crippen LogP contribution in [0.15, 0.2) is 35.7 Å². The third kappa shape index (κ3) is 6.76. The maximum Gasteiger partial charge on any atom is 0.237 e. The number of carbonyl (C=O) groups excluding carboxylic acids is 1. The van der Waals surface area contributed by atoms with Crippen molar-refractivity contribution in [2.24, 2.45) is 0 Å². The molecule has 1 aromatic carbocycles. The van der Waals surface area contributed by atoms with Crippen molar-refractivity contribution in [1.29, 1.82) is 0 Å². The van der Waals surface area contributed by atoms with Gasteiger partial charge in [0, 0.05) is 38.7 Å². The summed E-state index contributed by atoms with van der Waals surface area (Å²) in [5.74, 6) is 0.829. The molecule has 1 amide bonds. The fourth-order valence-corrected chi connectivity index (χ4v) is 4.89. The maximum atomic E-state index is 13.4. The van der Waals surface area contributed by atoms with Crippen LogP contribution in [-0.2, 0) is 20.7 Å². The summed E-state index contributed by atoms with van der Waals surface area (Å²) in [5, 5.41) is 12.3. The summed E-state index contributed by atoms with van der Waals surface area (Å²) in [4.78, 5) is 18.6. The van der Waals surface area contributed by atoms with Gasteiger partial charge in [-0.2, -0.15) is 0 Å². The van der Waals surface area contributed by atoms with Gasteiger partial charge in [0.15, 0.2) is 0 Å². The molecular formula is C24H34N2O5S. The van der Waals surface area contributed by atoms with E-state index in [0.717, 1.165) is 12.2 Å². The van der Waals surface area contributed by atoms with Gasteiger partial charge in [-0.1, -0.05) is 17.7 Å². The molecule has 2 atom stereocenters. The lowest BCUT2D eigenvalue weighted by Gasteiger charge is -2.37. The van der Waals surface area contributed by atoms with Gasteiger partial charge in [-0.05, 0) is 42.5 Å². The molecule has 32 heavy (non-hydrogen) atoms. The molecule has 176 valence electrons. The van der Waals surface area contributed by atoms with Crippen LogP contribution in [0.4, 0.5) is 0 Å². The fraction of sp³-hybridized carbons (Fsp3) is 0.542. The number of aliphatic hydroxyl groups is 1. The summed E-state index contributed by atoms with van der Waals surface area (Å²) in [5.41, 5.74) is 2.35. The molecule has 0 bridgehead atoms. The van der Waals surface area contributed by atoms with Crippen molar-refractivity contribution in [3.05, 3.63) is 51.7 Å². The molecular weight excluding hydrogens is 428 g/mol. The second-order valence-corrected chi connectivity index (χ2v) is 9.11. The van der Waals surface area contributed by atoms with Crippen LogP contribution in [0, 0.1) is 6.92 Å². The highest BCUT2D eigenvalue weighted by Gasteiger charge is 2.33. The minimum absolute atomic E-state index is 0.0278. The van der Waals surface area contributed by atoms with Gasteiger partial charge in [-0.15, -0.1) is 11.3 Å². The first-order valence-electron chi connectivity index (χ1n) is 10.9. The highest BCUT2D eigenvalue weighted by molar-refractivity contribution is 7.10. The van der Waals surface area contributed by atoms with Crippen LogP contribution < -0.4 is 4.74 Å². The lowest BCUT2D eigenvalue weighted by molar-refractivity contribution is -0.136. The third-order valence-corrected chi connectivity index (χ3v) is 6.64. The number of fused-ring (bicyclic) bond motifs is 1. The molecule has 2 heterocycles. The summed E-state index contributed by atoms with van der Waals surface area (Å²) >= 11 is 1.74. The first-order chi connectivity index (χ1) is 15.5. The van der Waals surface area contributed by atoms with Crippen LogP contribution in [0.2, 0.25) is 0 Å². The number of benzene rings is 1. The first kappa shape index (κ1) is 24.7. The average molecular weight is 463 g/mol. The van der Waals surface area contributed by atoms with Crippen molar-refractivity contribution >= 4 is 17.2 Å². The van der Waals surface area contributed by atoms with E-state index >= 15 is 0 Å². The van der Waals surface area contributed by atoms with E-state index in [4.69, 9.17) is 14.2 Å². The van der Waals surface area contributed by atoms with Gasteiger partial charge in [0.05, 0.1) is 31.9 Å². The van der Waals surface area contributed by atoms with E-state index in [1.165, 1.54) is 16.0 Å². The van der Waals surface area contributed by atoms with Crippen molar-refractivity contribution in [2.75, 3.05) is 60.2 Å². The van der Waals surface area contributed by atoms with Crippen LogP contribution >= 0.6 is 11.3 Å². The fourth-order valence-electron chi connectivity index (χ4n) is 3.96. The number of methoxy groups -OCH3 is 2. The van der Waals surface area contributed by atoms with Gasteiger partial charge in [0.2, 0.25) is 5.91 Å². The zero-order valence-electron chi connectivity index (χ0n) is 19.2. The molecule has 2 aromatic rings. The summed E-state index contributed by atoms with van der Waals surface area (Å²) in [6.07, 6.45) is 0.194. The lowest BCUT2D eigenvalue weighted by atomic mass is 10.0. The van der Waals surface area contributed by atoms with Crippen molar-refractivity contribution in [3.8, 4) is 5.75 Å². The standard InChI is InChI=1S/C24H34N2O5S/c1-18-4-6-20(7-5-18)31-17-22-21-9-13-32-23(21)8-10-26(22)24(28)15-25(11-12-29-2)14-19(27)16-30-3/h4-7,9,13,19,22,27H,8,10-12,14-17H2,1-3H3/t19-,22+/m0/s1. The Labute approximate surface area is 194 Å². The van der Waals surface area contributed by atoms with Crippen LogP contribution in [0.5, 0.6) is 5.75 Å². The van der Waals surface area contributed by atoms with Crippen molar-refractivity contribution in [1.82, 2.24) is 9.80 Å². The zero-order valence-corrected chi connectivity index (χ0v) is 20.0. The number of thiophene rings is 1. The Balaban J connectivity index is 1.70. The van der Waals surface area contributed by atoms with Crippen LogP contribution in [0.25, 0.3) is 0 Å². The molecule has 0 fully saturated rings. The van der Waals surface area contributed by atoms with Gasteiger partial charge in [0.1, 0.15) is 12.4 Å². The van der Waals surface area contributed by atoms with E-state index in [1.54, 1.807) is 25.6 Å². The quantitative estimate of drug-likeness (QED) is 0.523. The number of ether oxygens (including phenoxy) is 3.